The van der Waals surface area contributed by atoms with Gasteiger partial charge in [0.2, 0.25) is 0 Å². The van der Waals surface area contributed by atoms with Gasteiger partial charge in [0.1, 0.15) is 5.75 Å². The normalized spacial score (nSPS) is 28.7. The standard InChI is InChI=1S/C16H19NO3/c1-12-6-15(3-2-14(12)9-17)19-10-13-7-16(8-13)11-18-4-5-20-16/h2-3,6,13H,4-5,7-8,10-11H2,1H3. The summed E-state index contributed by atoms with van der Waals surface area (Å²) >= 11 is 0. The van der Waals surface area contributed by atoms with Crippen molar-refractivity contribution < 1.29 is 14.2 Å². The number of benzene rings is 1. The molecular formula is C16H19NO3. The second-order valence-corrected chi connectivity index (χ2v) is 5.76. The molecule has 0 bridgehead atoms. The fraction of sp³-hybridized carbons (Fsp3) is 0.562. The lowest BCUT2D eigenvalue weighted by molar-refractivity contribution is -0.212. The molecule has 1 saturated carbocycles. The molecule has 3 rings (SSSR count). The predicted molar refractivity (Wildman–Crippen MR) is 73.6 cm³/mol. The van der Waals surface area contributed by atoms with Gasteiger partial charge in [-0.1, -0.05) is 0 Å². The molecular weight excluding hydrogens is 254 g/mol. The van der Waals surface area contributed by atoms with E-state index in [9.17, 15) is 0 Å². The third kappa shape index (κ3) is 2.65. The van der Waals surface area contributed by atoms with Gasteiger partial charge in [-0.3, -0.25) is 0 Å². The summed E-state index contributed by atoms with van der Waals surface area (Å²) in [4.78, 5) is 0. The lowest BCUT2D eigenvalue weighted by atomic mass is 9.71. The van der Waals surface area contributed by atoms with Crippen LogP contribution in [-0.4, -0.2) is 32.0 Å². The molecule has 20 heavy (non-hydrogen) atoms. The van der Waals surface area contributed by atoms with Gasteiger partial charge in [-0.2, -0.15) is 5.26 Å². The van der Waals surface area contributed by atoms with E-state index in [1.165, 1.54) is 0 Å². The van der Waals surface area contributed by atoms with Gasteiger partial charge in [0, 0.05) is 0 Å². The molecule has 1 saturated heterocycles. The van der Waals surface area contributed by atoms with E-state index in [0.717, 1.165) is 30.8 Å². The Balaban J connectivity index is 1.49. The van der Waals surface area contributed by atoms with Crippen molar-refractivity contribution in [2.24, 2.45) is 5.92 Å². The Bertz CT molecular complexity index is 521. The van der Waals surface area contributed by atoms with E-state index in [-0.39, 0.29) is 5.60 Å². The molecule has 1 aromatic rings. The zero-order valence-corrected chi connectivity index (χ0v) is 11.7. The summed E-state index contributed by atoms with van der Waals surface area (Å²) in [6.07, 6.45) is 2.03. The van der Waals surface area contributed by atoms with Crippen LogP contribution >= 0.6 is 0 Å². The lowest BCUT2D eigenvalue weighted by Gasteiger charge is -2.48. The molecule has 0 radical (unpaired) electrons. The van der Waals surface area contributed by atoms with Crippen molar-refractivity contribution in [3.63, 3.8) is 0 Å². The summed E-state index contributed by atoms with van der Waals surface area (Å²) in [5.74, 6) is 1.37. The van der Waals surface area contributed by atoms with Crippen molar-refractivity contribution in [3.8, 4) is 11.8 Å². The van der Waals surface area contributed by atoms with Crippen molar-refractivity contribution in [2.45, 2.75) is 25.4 Å². The van der Waals surface area contributed by atoms with Gasteiger partial charge in [-0.05, 0) is 49.4 Å². The van der Waals surface area contributed by atoms with Crippen LogP contribution in [0.15, 0.2) is 18.2 Å². The van der Waals surface area contributed by atoms with Gasteiger partial charge in [0.15, 0.2) is 0 Å². The van der Waals surface area contributed by atoms with E-state index in [2.05, 4.69) is 6.07 Å². The molecule has 0 N–H and O–H groups in total. The molecule has 4 nitrogen and oxygen atoms in total. The Morgan fingerprint density at radius 3 is 2.90 bits per heavy atom. The van der Waals surface area contributed by atoms with E-state index in [0.29, 0.717) is 31.3 Å². The van der Waals surface area contributed by atoms with Crippen LogP contribution < -0.4 is 4.74 Å². The predicted octanol–water partition coefficient (Wildman–Crippen LogP) is 2.44. The first-order valence-electron chi connectivity index (χ1n) is 7.06. The number of nitriles is 1. The van der Waals surface area contributed by atoms with E-state index in [1.54, 1.807) is 0 Å². The lowest BCUT2D eigenvalue weighted by Crippen LogP contribution is -2.54. The van der Waals surface area contributed by atoms with Crippen LogP contribution in [0.5, 0.6) is 5.75 Å². The zero-order valence-electron chi connectivity index (χ0n) is 11.7. The highest BCUT2D eigenvalue weighted by molar-refractivity contribution is 5.41. The Morgan fingerprint density at radius 2 is 2.25 bits per heavy atom. The maximum absolute atomic E-state index is 8.90. The average Bonchev–Trinajstić information content (AvgIpc) is 2.44. The van der Waals surface area contributed by atoms with Gasteiger partial charge < -0.3 is 14.2 Å². The van der Waals surface area contributed by atoms with E-state index < -0.39 is 0 Å². The number of rotatable bonds is 3. The van der Waals surface area contributed by atoms with E-state index in [4.69, 9.17) is 19.5 Å². The molecule has 1 aliphatic carbocycles. The SMILES string of the molecule is Cc1cc(OCC2CC3(COCCO3)C2)ccc1C#N. The molecule has 1 aliphatic heterocycles. The Labute approximate surface area is 119 Å². The monoisotopic (exact) mass is 273 g/mol. The topological polar surface area (TPSA) is 51.5 Å². The van der Waals surface area contributed by atoms with Crippen molar-refractivity contribution in [2.75, 3.05) is 26.4 Å². The average molecular weight is 273 g/mol. The van der Waals surface area contributed by atoms with Crippen LogP contribution in [0.2, 0.25) is 0 Å². The van der Waals surface area contributed by atoms with Crippen LogP contribution in [0, 0.1) is 24.2 Å². The second kappa shape index (κ2) is 5.43. The van der Waals surface area contributed by atoms with Gasteiger partial charge in [0.05, 0.1) is 43.7 Å². The Kier molecular flexibility index (Phi) is 3.64. The van der Waals surface area contributed by atoms with Crippen molar-refractivity contribution in [3.05, 3.63) is 29.3 Å². The second-order valence-electron chi connectivity index (χ2n) is 5.76. The first kappa shape index (κ1) is 13.4. The molecule has 1 aromatic carbocycles. The summed E-state index contributed by atoms with van der Waals surface area (Å²) < 4.78 is 17.1. The minimum Gasteiger partial charge on any atom is -0.493 e. The zero-order chi connectivity index (χ0) is 14.0. The van der Waals surface area contributed by atoms with Crippen LogP contribution in [0.3, 0.4) is 0 Å². The minimum atomic E-state index is -0.0349. The number of aryl methyl sites for hydroxylation is 1. The summed E-state index contributed by atoms with van der Waals surface area (Å²) in [5.41, 5.74) is 1.62. The van der Waals surface area contributed by atoms with Crippen molar-refractivity contribution >= 4 is 0 Å². The molecule has 0 unspecified atom stereocenters. The molecule has 2 fully saturated rings. The largest absolute Gasteiger partial charge is 0.493 e. The van der Waals surface area contributed by atoms with E-state index >= 15 is 0 Å². The number of nitrogens with zero attached hydrogens (tertiary/aromatic N) is 1. The number of hydrogen-bond acceptors (Lipinski definition) is 4. The highest BCUT2D eigenvalue weighted by Gasteiger charge is 2.47. The van der Waals surface area contributed by atoms with Crippen molar-refractivity contribution in [1.82, 2.24) is 0 Å². The van der Waals surface area contributed by atoms with Gasteiger partial charge in [-0.15, -0.1) is 0 Å². The van der Waals surface area contributed by atoms with Crippen LogP contribution in [0.1, 0.15) is 24.0 Å². The quantitative estimate of drug-likeness (QED) is 0.848. The molecule has 1 spiro atoms. The van der Waals surface area contributed by atoms with Crippen LogP contribution in [0.25, 0.3) is 0 Å². The summed E-state index contributed by atoms with van der Waals surface area (Å²) in [7, 11) is 0. The fourth-order valence-electron chi connectivity index (χ4n) is 3.03. The Morgan fingerprint density at radius 1 is 1.40 bits per heavy atom. The maximum Gasteiger partial charge on any atom is 0.119 e. The third-order valence-corrected chi connectivity index (χ3v) is 4.13. The summed E-state index contributed by atoms with van der Waals surface area (Å²) in [5, 5.41) is 8.90. The van der Waals surface area contributed by atoms with Gasteiger partial charge in [-0.25, -0.2) is 0 Å². The first-order valence-corrected chi connectivity index (χ1v) is 7.06. The summed E-state index contributed by atoms with van der Waals surface area (Å²) in [6.45, 7) is 4.78. The summed E-state index contributed by atoms with van der Waals surface area (Å²) in [6, 6.07) is 7.76. The fourth-order valence-corrected chi connectivity index (χ4v) is 3.03. The van der Waals surface area contributed by atoms with Gasteiger partial charge in [0.25, 0.3) is 0 Å². The molecule has 0 atom stereocenters. The number of hydrogen-bond donors (Lipinski definition) is 0. The molecule has 4 heteroatoms. The smallest absolute Gasteiger partial charge is 0.119 e. The van der Waals surface area contributed by atoms with Gasteiger partial charge >= 0.3 is 0 Å². The minimum absolute atomic E-state index is 0.0349. The third-order valence-electron chi connectivity index (χ3n) is 4.13. The Hall–Kier alpha value is -1.57. The van der Waals surface area contributed by atoms with Crippen LogP contribution in [-0.2, 0) is 9.47 Å². The molecule has 0 aromatic heterocycles. The molecule has 1 heterocycles. The first-order chi connectivity index (χ1) is 9.71. The van der Waals surface area contributed by atoms with Crippen molar-refractivity contribution in [1.29, 1.82) is 5.26 Å². The molecule has 2 aliphatic rings. The highest BCUT2D eigenvalue weighted by Crippen LogP contribution is 2.42. The highest BCUT2D eigenvalue weighted by atomic mass is 16.6. The maximum atomic E-state index is 8.90. The molecule has 0 amide bonds. The number of ether oxygens (including phenoxy) is 3. The molecule has 106 valence electrons. The van der Waals surface area contributed by atoms with E-state index in [1.807, 2.05) is 25.1 Å². The van der Waals surface area contributed by atoms with Crippen LogP contribution in [0.4, 0.5) is 0 Å².